The molecule has 0 aliphatic carbocycles. The maximum atomic E-state index is 13.0. The lowest BCUT2D eigenvalue weighted by molar-refractivity contribution is -0.130. The molecular weight excluding hydrogens is 304 g/mol. The van der Waals surface area contributed by atoms with E-state index in [-0.39, 0.29) is 5.91 Å². The van der Waals surface area contributed by atoms with Crippen LogP contribution in [0.5, 0.6) is 5.75 Å². The van der Waals surface area contributed by atoms with Crippen LogP contribution in [-0.2, 0) is 14.9 Å². The quantitative estimate of drug-likeness (QED) is 0.865. The summed E-state index contributed by atoms with van der Waals surface area (Å²) in [7, 11) is 1.66. The van der Waals surface area contributed by atoms with Crippen LogP contribution in [0.3, 0.4) is 0 Å². The van der Waals surface area contributed by atoms with E-state index in [9.17, 15) is 4.79 Å². The number of hydrogen-bond donors (Lipinski definition) is 1. The van der Waals surface area contributed by atoms with Crippen molar-refractivity contribution in [1.82, 2.24) is 10.2 Å². The molecule has 1 aromatic rings. The van der Waals surface area contributed by atoms with Crippen molar-refractivity contribution in [3.05, 3.63) is 29.8 Å². The number of rotatable bonds is 6. The van der Waals surface area contributed by atoms with Gasteiger partial charge in [0, 0.05) is 26.3 Å². The number of amides is 1. The van der Waals surface area contributed by atoms with E-state index in [0.717, 1.165) is 50.3 Å². The van der Waals surface area contributed by atoms with Crippen molar-refractivity contribution in [2.75, 3.05) is 46.5 Å². The molecule has 1 aromatic carbocycles. The van der Waals surface area contributed by atoms with Gasteiger partial charge in [0.1, 0.15) is 5.75 Å². The Hall–Kier alpha value is -1.59. The molecule has 0 aromatic heterocycles. The first kappa shape index (κ1) is 17.2. The highest BCUT2D eigenvalue weighted by atomic mass is 16.5. The van der Waals surface area contributed by atoms with Crippen molar-refractivity contribution in [3.8, 4) is 5.75 Å². The summed E-state index contributed by atoms with van der Waals surface area (Å²) >= 11 is 0. The van der Waals surface area contributed by atoms with Gasteiger partial charge in [-0.3, -0.25) is 4.79 Å². The molecule has 0 unspecified atom stereocenters. The van der Waals surface area contributed by atoms with Crippen LogP contribution in [0.15, 0.2) is 24.3 Å². The van der Waals surface area contributed by atoms with Crippen LogP contribution in [-0.4, -0.2) is 57.3 Å². The van der Waals surface area contributed by atoms with Gasteiger partial charge in [-0.25, -0.2) is 0 Å². The van der Waals surface area contributed by atoms with Crippen molar-refractivity contribution < 1.29 is 14.3 Å². The molecule has 2 aliphatic rings. The Labute approximate surface area is 144 Å². The van der Waals surface area contributed by atoms with Crippen LogP contribution < -0.4 is 10.1 Å². The third-order valence-electron chi connectivity index (χ3n) is 5.34. The molecule has 0 radical (unpaired) electrons. The summed E-state index contributed by atoms with van der Waals surface area (Å²) < 4.78 is 10.8. The van der Waals surface area contributed by atoms with Gasteiger partial charge in [-0.05, 0) is 56.5 Å². The highest BCUT2D eigenvalue weighted by Gasteiger charge is 2.41. The third kappa shape index (κ3) is 3.73. The standard InChI is InChI=1S/C19H28N2O3/c1-23-17-6-4-16(5-7-17)19(8-14-24-15-9-19)18(22)20-10-13-21-11-2-3-12-21/h4-7H,2-3,8-15H2,1H3,(H,20,22). The van der Waals surface area contributed by atoms with E-state index in [1.165, 1.54) is 12.8 Å². The Morgan fingerprint density at radius 3 is 2.50 bits per heavy atom. The number of carbonyl (C=O) groups excluding carboxylic acids is 1. The molecule has 2 saturated heterocycles. The second-order valence-corrected chi connectivity index (χ2v) is 6.73. The van der Waals surface area contributed by atoms with E-state index in [2.05, 4.69) is 10.2 Å². The summed E-state index contributed by atoms with van der Waals surface area (Å²) in [4.78, 5) is 15.5. The number of benzene rings is 1. The van der Waals surface area contributed by atoms with Gasteiger partial charge < -0.3 is 19.7 Å². The van der Waals surface area contributed by atoms with E-state index >= 15 is 0 Å². The van der Waals surface area contributed by atoms with Crippen LogP contribution in [0, 0.1) is 0 Å². The summed E-state index contributed by atoms with van der Waals surface area (Å²) in [5.74, 6) is 0.950. The van der Waals surface area contributed by atoms with Crippen LogP contribution in [0.1, 0.15) is 31.2 Å². The average molecular weight is 332 g/mol. The SMILES string of the molecule is COc1ccc(C2(C(=O)NCCN3CCCC3)CCOCC2)cc1. The maximum Gasteiger partial charge on any atom is 0.230 e. The van der Waals surface area contributed by atoms with E-state index in [1.807, 2.05) is 24.3 Å². The number of hydrogen-bond acceptors (Lipinski definition) is 4. The summed E-state index contributed by atoms with van der Waals surface area (Å²) in [5, 5.41) is 3.18. The molecule has 2 fully saturated rings. The zero-order valence-electron chi connectivity index (χ0n) is 14.6. The molecule has 5 nitrogen and oxygen atoms in total. The molecule has 132 valence electrons. The molecular formula is C19H28N2O3. The molecule has 5 heteroatoms. The van der Waals surface area contributed by atoms with Crippen molar-refractivity contribution in [3.63, 3.8) is 0 Å². The van der Waals surface area contributed by atoms with Gasteiger partial charge in [-0.2, -0.15) is 0 Å². The number of nitrogens with zero attached hydrogens (tertiary/aromatic N) is 1. The van der Waals surface area contributed by atoms with Gasteiger partial charge in [0.2, 0.25) is 5.91 Å². The number of methoxy groups -OCH3 is 1. The van der Waals surface area contributed by atoms with Gasteiger partial charge in [-0.15, -0.1) is 0 Å². The summed E-state index contributed by atoms with van der Waals surface area (Å²) in [5.41, 5.74) is 0.584. The zero-order valence-corrected chi connectivity index (χ0v) is 14.6. The normalized spacial score (nSPS) is 20.7. The predicted octanol–water partition coefficient (Wildman–Crippen LogP) is 1.96. The Morgan fingerprint density at radius 1 is 1.21 bits per heavy atom. The minimum atomic E-state index is -0.477. The Balaban J connectivity index is 1.68. The Morgan fingerprint density at radius 2 is 1.88 bits per heavy atom. The minimum absolute atomic E-state index is 0.134. The summed E-state index contributed by atoms with van der Waals surface area (Å²) in [6.45, 7) is 5.25. The molecule has 1 N–H and O–H groups in total. The zero-order chi connectivity index (χ0) is 16.8. The van der Waals surface area contributed by atoms with E-state index < -0.39 is 5.41 Å². The first-order valence-electron chi connectivity index (χ1n) is 8.97. The Bertz CT molecular complexity index is 532. The third-order valence-corrected chi connectivity index (χ3v) is 5.34. The first-order chi connectivity index (χ1) is 11.7. The smallest absolute Gasteiger partial charge is 0.230 e. The highest BCUT2D eigenvalue weighted by Crippen LogP contribution is 2.36. The van der Waals surface area contributed by atoms with Crippen molar-refractivity contribution in [2.24, 2.45) is 0 Å². The highest BCUT2D eigenvalue weighted by molar-refractivity contribution is 5.88. The Kier molecular flexibility index (Phi) is 5.74. The fraction of sp³-hybridized carbons (Fsp3) is 0.632. The fourth-order valence-electron chi connectivity index (χ4n) is 3.78. The molecule has 0 saturated carbocycles. The number of ether oxygens (including phenoxy) is 2. The second-order valence-electron chi connectivity index (χ2n) is 6.73. The van der Waals surface area contributed by atoms with Crippen molar-refractivity contribution >= 4 is 5.91 Å². The fourth-order valence-corrected chi connectivity index (χ4v) is 3.78. The van der Waals surface area contributed by atoms with E-state index in [1.54, 1.807) is 7.11 Å². The van der Waals surface area contributed by atoms with Crippen LogP contribution >= 0.6 is 0 Å². The topological polar surface area (TPSA) is 50.8 Å². The molecule has 24 heavy (non-hydrogen) atoms. The number of nitrogens with one attached hydrogen (secondary N) is 1. The number of carbonyl (C=O) groups is 1. The van der Waals surface area contributed by atoms with Crippen LogP contribution in [0.4, 0.5) is 0 Å². The average Bonchev–Trinajstić information content (AvgIpc) is 3.16. The predicted molar refractivity (Wildman–Crippen MR) is 93.4 cm³/mol. The molecule has 3 rings (SSSR count). The van der Waals surface area contributed by atoms with Crippen LogP contribution in [0.2, 0.25) is 0 Å². The summed E-state index contributed by atoms with van der Waals surface area (Å²) in [6.07, 6.45) is 4.02. The van der Waals surface area contributed by atoms with Gasteiger partial charge in [0.25, 0.3) is 0 Å². The minimum Gasteiger partial charge on any atom is -0.497 e. The lowest BCUT2D eigenvalue weighted by atomic mass is 9.73. The molecule has 0 bridgehead atoms. The van der Waals surface area contributed by atoms with E-state index in [4.69, 9.17) is 9.47 Å². The second kappa shape index (κ2) is 7.99. The molecule has 0 spiro atoms. The summed E-state index contributed by atoms with van der Waals surface area (Å²) in [6, 6.07) is 7.91. The van der Waals surface area contributed by atoms with Crippen molar-refractivity contribution in [2.45, 2.75) is 31.1 Å². The van der Waals surface area contributed by atoms with Gasteiger partial charge >= 0.3 is 0 Å². The monoisotopic (exact) mass is 332 g/mol. The maximum absolute atomic E-state index is 13.0. The van der Waals surface area contributed by atoms with Gasteiger partial charge in [0.05, 0.1) is 12.5 Å². The number of likely N-dealkylation sites (tertiary alicyclic amines) is 1. The molecule has 1 amide bonds. The lowest BCUT2D eigenvalue weighted by Crippen LogP contribution is -2.49. The molecule has 2 aliphatic heterocycles. The van der Waals surface area contributed by atoms with Gasteiger partial charge in [-0.1, -0.05) is 12.1 Å². The van der Waals surface area contributed by atoms with Gasteiger partial charge in [0.15, 0.2) is 0 Å². The lowest BCUT2D eigenvalue weighted by Gasteiger charge is -2.36. The van der Waals surface area contributed by atoms with Crippen molar-refractivity contribution in [1.29, 1.82) is 0 Å². The molecule has 0 atom stereocenters. The van der Waals surface area contributed by atoms with E-state index in [0.29, 0.717) is 13.2 Å². The molecule has 2 heterocycles. The largest absolute Gasteiger partial charge is 0.497 e. The van der Waals surface area contributed by atoms with Crippen LogP contribution in [0.25, 0.3) is 0 Å². The first-order valence-corrected chi connectivity index (χ1v) is 8.97.